The second-order valence-electron chi connectivity index (χ2n) is 12.0. The van der Waals surface area contributed by atoms with Crippen LogP contribution in [0.15, 0.2) is 182 Å². The van der Waals surface area contributed by atoms with Gasteiger partial charge in [-0.25, -0.2) is 0 Å². The molecule has 0 heterocycles. The van der Waals surface area contributed by atoms with Gasteiger partial charge in [0.2, 0.25) is 0 Å². The number of hydrogen-bond acceptors (Lipinski definition) is 0. The second kappa shape index (κ2) is 10.9. The summed E-state index contributed by atoms with van der Waals surface area (Å²) in [6, 6.07) is 66.5. The van der Waals surface area contributed by atoms with Crippen molar-refractivity contribution in [2.75, 3.05) is 0 Å². The number of hydrogen-bond donors (Lipinski definition) is 0. The van der Waals surface area contributed by atoms with Crippen molar-refractivity contribution in [3.05, 3.63) is 182 Å². The zero-order valence-corrected chi connectivity index (χ0v) is 25.3. The first-order chi connectivity index (χ1) is 22.8. The molecular weight excluding hydrogens is 553 g/mol. The fraction of sp³-hybridized carbons (Fsp3) is 0. The van der Waals surface area contributed by atoms with E-state index < -0.39 is 0 Å². The average molecular weight is 583 g/mol. The third-order valence-corrected chi connectivity index (χ3v) is 9.46. The van der Waals surface area contributed by atoms with E-state index in [1.165, 1.54) is 87.6 Å². The predicted molar refractivity (Wildman–Crippen MR) is 198 cm³/mol. The summed E-state index contributed by atoms with van der Waals surface area (Å²) < 4.78 is 0. The largest absolute Gasteiger partial charge is 0.0622 e. The molecule has 46 heavy (non-hydrogen) atoms. The van der Waals surface area contributed by atoms with Gasteiger partial charge in [-0.3, -0.25) is 0 Å². The quantitative estimate of drug-likeness (QED) is 0.181. The van der Waals surface area contributed by atoms with Gasteiger partial charge in [0.15, 0.2) is 0 Å². The van der Waals surface area contributed by atoms with Crippen LogP contribution in [0.3, 0.4) is 0 Å². The van der Waals surface area contributed by atoms with Crippen LogP contribution in [0.1, 0.15) is 0 Å². The molecule has 0 aliphatic rings. The molecule has 0 atom stereocenters. The Morgan fingerprint density at radius 2 is 0.696 bits per heavy atom. The van der Waals surface area contributed by atoms with Gasteiger partial charge in [-0.05, 0) is 93.7 Å². The standard InChI is InChI=1S/C46H30/c1-3-14-31(15-4-1)36-24-12-26-39-38(36)25-13-27-40(39)46-42-22-10-9-21-41(42)45(33-17-5-2-6-18-33)43-29-28-34(30-44(43)46)37-23-11-19-32-16-7-8-20-35(32)37/h1-30H. The van der Waals surface area contributed by atoms with E-state index in [1.807, 2.05) is 0 Å². The van der Waals surface area contributed by atoms with Crippen LogP contribution in [0.4, 0.5) is 0 Å². The zero-order valence-electron chi connectivity index (χ0n) is 25.3. The summed E-state index contributed by atoms with van der Waals surface area (Å²) in [5.41, 5.74) is 10.0. The maximum Gasteiger partial charge on any atom is -0.00199 e. The molecule has 0 amide bonds. The fourth-order valence-electron chi connectivity index (χ4n) is 7.43. The van der Waals surface area contributed by atoms with Crippen molar-refractivity contribution in [2.45, 2.75) is 0 Å². The van der Waals surface area contributed by atoms with Crippen molar-refractivity contribution in [3.8, 4) is 44.5 Å². The smallest absolute Gasteiger partial charge is 0.00199 e. The lowest BCUT2D eigenvalue weighted by Gasteiger charge is -2.20. The van der Waals surface area contributed by atoms with Crippen LogP contribution in [0.5, 0.6) is 0 Å². The third kappa shape index (κ3) is 4.23. The van der Waals surface area contributed by atoms with Crippen LogP contribution in [0.2, 0.25) is 0 Å². The van der Waals surface area contributed by atoms with Gasteiger partial charge in [-0.1, -0.05) is 176 Å². The maximum absolute atomic E-state index is 2.44. The van der Waals surface area contributed by atoms with Crippen LogP contribution in [-0.4, -0.2) is 0 Å². The predicted octanol–water partition coefficient (Wildman–Crippen LogP) is 13.0. The summed E-state index contributed by atoms with van der Waals surface area (Å²) in [7, 11) is 0. The minimum Gasteiger partial charge on any atom is -0.0622 e. The van der Waals surface area contributed by atoms with Gasteiger partial charge < -0.3 is 0 Å². The summed E-state index contributed by atoms with van der Waals surface area (Å²) in [6.07, 6.45) is 0. The SMILES string of the molecule is c1ccc(-c2cccc3c(-c4c5ccccc5c(-c5ccccc5)c5ccc(-c6cccc7ccccc67)cc45)cccc23)cc1. The molecule has 0 nitrogen and oxygen atoms in total. The van der Waals surface area contributed by atoms with E-state index in [9.17, 15) is 0 Å². The zero-order chi connectivity index (χ0) is 30.5. The molecule has 0 aliphatic carbocycles. The lowest BCUT2D eigenvalue weighted by Crippen LogP contribution is -1.93. The number of rotatable bonds is 4. The molecule has 0 fully saturated rings. The van der Waals surface area contributed by atoms with Gasteiger partial charge >= 0.3 is 0 Å². The van der Waals surface area contributed by atoms with E-state index in [4.69, 9.17) is 0 Å². The van der Waals surface area contributed by atoms with Gasteiger partial charge in [0.05, 0.1) is 0 Å². The molecule has 0 bridgehead atoms. The summed E-state index contributed by atoms with van der Waals surface area (Å²) in [6.45, 7) is 0. The van der Waals surface area contributed by atoms with Gasteiger partial charge in [0.1, 0.15) is 0 Å². The van der Waals surface area contributed by atoms with E-state index in [1.54, 1.807) is 0 Å². The van der Waals surface area contributed by atoms with Crippen molar-refractivity contribution in [3.63, 3.8) is 0 Å². The maximum atomic E-state index is 2.44. The van der Waals surface area contributed by atoms with Crippen LogP contribution in [0, 0.1) is 0 Å². The molecule has 0 saturated heterocycles. The third-order valence-electron chi connectivity index (χ3n) is 9.46. The molecular formula is C46H30. The Labute approximate surface area is 268 Å². The van der Waals surface area contributed by atoms with Gasteiger partial charge in [0, 0.05) is 0 Å². The Bertz CT molecular complexity index is 2550. The minimum absolute atomic E-state index is 1.23. The van der Waals surface area contributed by atoms with Crippen LogP contribution in [-0.2, 0) is 0 Å². The highest BCUT2D eigenvalue weighted by molar-refractivity contribution is 6.24. The molecule has 214 valence electrons. The van der Waals surface area contributed by atoms with E-state index in [2.05, 4.69) is 182 Å². The Morgan fingerprint density at radius 3 is 1.43 bits per heavy atom. The van der Waals surface area contributed by atoms with Crippen molar-refractivity contribution >= 4 is 43.1 Å². The Balaban J connectivity index is 1.43. The molecule has 9 aromatic carbocycles. The average Bonchev–Trinajstić information content (AvgIpc) is 3.13. The van der Waals surface area contributed by atoms with Crippen molar-refractivity contribution < 1.29 is 0 Å². The molecule has 9 aromatic rings. The van der Waals surface area contributed by atoms with Crippen molar-refractivity contribution in [1.82, 2.24) is 0 Å². The first-order valence-electron chi connectivity index (χ1n) is 15.9. The molecule has 0 spiro atoms. The first-order valence-corrected chi connectivity index (χ1v) is 15.9. The Morgan fingerprint density at radius 1 is 0.217 bits per heavy atom. The summed E-state index contributed by atoms with van der Waals surface area (Å²) in [4.78, 5) is 0. The van der Waals surface area contributed by atoms with E-state index in [0.29, 0.717) is 0 Å². The molecule has 0 heteroatoms. The van der Waals surface area contributed by atoms with Crippen LogP contribution in [0.25, 0.3) is 87.6 Å². The highest BCUT2D eigenvalue weighted by atomic mass is 14.2. The molecule has 9 rings (SSSR count). The monoisotopic (exact) mass is 582 g/mol. The van der Waals surface area contributed by atoms with Gasteiger partial charge in [0.25, 0.3) is 0 Å². The first kappa shape index (κ1) is 26.4. The molecule has 0 radical (unpaired) electrons. The van der Waals surface area contributed by atoms with E-state index in [0.717, 1.165) is 0 Å². The lowest BCUT2D eigenvalue weighted by atomic mass is 9.83. The number of fused-ring (bicyclic) bond motifs is 4. The van der Waals surface area contributed by atoms with Gasteiger partial charge in [-0.2, -0.15) is 0 Å². The summed E-state index contributed by atoms with van der Waals surface area (Å²) >= 11 is 0. The highest BCUT2D eigenvalue weighted by Crippen LogP contribution is 2.47. The summed E-state index contributed by atoms with van der Waals surface area (Å²) in [5.74, 6) is 0. The molecule has 0 saturated carbocycles. The highest BCUT2D eigenvalue weighted by Gasteiger charge is 2.19. The van der Waals surface area contributed by atoms with Gasteiger partial charge in [-0.15, -0.1) is 0 Å². The molecule has 0 unspecified atom stereocenters. The van der Waals surface area contributed by atoms with Crippen molar-refractivity contribution in [1.29, 1.82) is 0 Å². The minimum atomic E-state index is 1.23. The molecule has 0 aromatic heterocycles. The summed E-state index contributed by atoms with van der Waals surface area (Å²) in [5, 5.41) is 10.1. The molecule has 0 aliphatic heterocycles. The Hall–Kier alpha value is -5.98. The van der Waals surface area contributed by atoms with Crippen molar-refractivity contribution in [2.24, 2.45) is 0 Å². The normalized spacial score (nSPS) is 11.5. The lowest BCUT2D eigenvalue weighted by molar-refractivity contribution is 1.64. The molecule has 0 N–H and O–H groups in total. The van der Waals surface area contributed by atoms with E-state index >= 15 is 0 Å². The van der Waals surface area contributed by atoms with Crippen LogP contribution >= 0.6 is 0 Å². The van der Waals surface area contributed by atoms with E-state index in [-0.39, 0.29) is 0 Å². The Kier molecular flexibility index (Phi) is 6.25. The van der Waals surface area contributed by atoms with Crippen LogP contribution < -0.4 is 0 Å². The number of benzene rings is 9. The fourth-order valence-corrected chi connectivity index (χ4v) is 7.43. The topological polar surface area (TPSA) is 0 Å². The second-order valence-corrected chi connectivity index (χ2v) is 12.0.